The van der Waals surface area contributed by atoms with Crippen molar-refractivity contribution in [2.24, 2.45) is 0 Å². The van der Waals surface area contributed by atoms with Crippen LogP contribution in [0.2, 0.25) is 0 Å². The summed E-state index contributed by atoms with van der Waals surface area (Å²) in [6, 6.07) is 9.38. The van der Waals surface area contributed by atoms with E-state index in [-0.39, 0.29) is 23.9 Å². The summed E-state index contributed by atoms with van der Waals surface area (Å²) in [5, 5.41) is 0. The molecule has 0 N–H and O–H groups in total. The molecule has 1 aromatic rings. The second-order valence-corrected chi connectivity index (χ2v) is 8.17. The fourth-order valence-electron chi connectivity index (χ4n) is 4.78. The number of hydrogen-bond acceptors (Lipinski definition) is 3. The topological polar surface area (TPSA) is 60.9 Å². The number of amides is 4. The van der Waals surface area contributed by atoms with Gasteiger partial charge in [-0.3, -0.25) is 14.5 Å². The minimum Gasteiger partial charge on any atom is -0.340 e. The average Bonchev–Trinajstić information content (AvgIpc) is 2.89. The van der Waals surface area contributed by atoms with E-state index in [0.717, 1.165) is 37.7 Å². The van der Waals surface area contributed by atoms with E-state index in [1.54, 1.807) is 9.80 Å². The lowest BCUT2D eigenvalue weighted by atomic mass is 9.94. The monoisotopic (exact) mass is 383 g/mol. The van der Waals surface area contributed by atoms with Crippen LogP contribution in [0, 0.1) is 0 Å². The molecular weight excluding hydrogens is 354 g/mol. The van der Waals surface area contributed by atoms with Crippen molar-refractivity contribution < 1.29 is 14.4 Å². The van der Waals surface area contributed by atoms with E-state index in [9.17, 15) is 14.4 Å². The first-order chi connectivity index (χ1) is 13.6. The van der Waals surface area contributed by atoms with Gasteiger partial charge in [0.15, 0.2) is 0 Å². The molecule has 1 saturated carbocycles. The zero-order chi connectivity index (χ0) is 19.5. The average molecular weight is 383 g/mol. The summed E-state index contributed by atoms with van der Waals surface area (Å²) in [4.78, 5) is 43.8. The van der Waals surface area contributed by atoms with Gasteiger partial charge in [-0.1, -0.05) is 49.6 Å². The number of hydrogen-bond donors (Lipinski definition) is 0. The van der Waals surface area contributed by atoms with Crippen LogP contribution in [0.4, 0.5) is 4.79 Å². The van der Waals surface area contributed by atoms with Crippen molar-refractivity contribution in [2.45, 2.75) is 63.5 Å². The number of carbonyl (C=O) groups is 3. The van der Waals surface area contributed by atoms with E-state index in [2.05, 4.69) is 0 Å². The largest absolute Gasteiger partial charge is 0.340 e. The second kappa shape index (κ2) is 8.33. The van der Waals surface area contributed by atoms with E-state index in [4.69, 9.17) is 0 Å². The molecule has 0 bridgehead atoms. The number of nitrogens with zero attached hydrogens (tertiary/aromatic N) is 3. The van der Waals surface area contributed by atoms with Gasteiger partial charge in [0.05, 0.1) is 6.54 Å². The van der Waals surface area contributed by atoms with Crippen molar-refractivity contribution in [3.63, 3.8) is 0 Å². The Hall–Kier alpha value is -2.37. The van der Waals surface area contributed by atoms with Gasteiger partial charge < -0.3 is 9.80 Å². The first-order valence-electron chi connectivity index (χ1n) is 10.6. The highest BCUT2D eigenvalue weighted by atomic mass is 16.2. The van der Waals surface area contributed by atoms with Crippen LogP contribution in [0.3, 0.4) is 0 Å². The molecule has 6 heteroatoms. The molecule has 2 saturated heterocycles. The first kappa shape index (κ1) is 19.0. The molecule has 2 aliphatic heterocycles. The summed E-state index contributed by atoms with van der Waals surface area (Å²) < 4.78 is 0. The number of carbonyl (C=O) groups excluding carboxylic acids is 3. The van der Waals surface area contributed by atoms with Gasteiger partial charge >= 0.3 is 6.03 Å². The maximum Gasteiger partial charge on any atom is 0.327 e. The van der Waals surface area contributed by atoms with E-state index in [0.29, 0.717) is 32.5 Å². The van der Waals surface area contributed by atoms with E-state index < -0.39 is 6.04 Å². The molecule has 1 unspecified atom stereocenters. The number of benzene rings is 1. The Bertz CT molecular complexity index is 730. The lowest BCUT2D eigenvalue weighted by Gasteiger charge is -2.29. The van der Waals surface area contributed by atoms with Gasteiger partial charge in [0.1, 0.15) is 6.04 Å². The van der Waals surface area contributed by atoms with Crippen LogP contribution >= 0.6 is 0 Å². The smallest absolute Gasteiger partial charge is 0.327 e. The van der Waals surface area contributed by atoms with E-state index >= 15 is 0 Å². The molecule has 28 heavy (non-hydrogen) atoms. The third-order valence-corrected chi connectivity index (χ3v) is 6.33. The van der Waals surface area contributed by atoms with Crippen molar-refractivity contribution in [3.05, 3.63) is 35.9 Å². The van der Waals surface area contributed by atoms with Gasteiger partial charge in [0.25, 0.3) is 5.91 Å². The van der Waals surface area contributed by atoms with Crippen LogP contribution in [-0.2, 0) is 16.0 Å². The second-order valence-electron chi connectivity index (χ2n) is 8.17. The zero-order valence-corrected chi connectivity index (χ0v) is 16.4. The summed E-state index contributed by atoms with van der Waals surface area (Å²) >= 11 is 0. The molecule has 0 spiro atoms. The van der Waals surface area contributed by atoms with Crippen molar-refractivity contribution in [1.82, 2.24) is 14.7 Å². The molecule has 3 aliphatic rings. The van der Waals surface area contributed by atoms with Gasteiger partial charge in [-0.2, -0.15) is 0 Å². The molecule has 0 aromatic heterocycles. The van der Waals surface area contributed by atoms with Gasteiger partial charge in [0.2, 0.25) is 5.91 Å². The van der Waals surface area contributed by atoms with Crippen LogP contribution < -0.4 is 0 Å². The fraction of sp³-hybridized carbons (Fsp3) is 0.591. The summed E-state index contributed by atoms with van der Waals surface area (Å²) in [5.41, 5.74) is 1.14. The van der Waals surface area contributed by atoms with Gasteiger partial charge in [0, 0.05) is 25.6 Å². The van der Waals surface area contributed by atoms with Gasteiger partial charge in [-0.25, -0.2) is 4.79 Å². The van der Waals surface area contributed by atoms with Gasteiger partial charge in [-0.15, -0.1) is 0 Å². The van der Waals surface area contributed by atoms with E-state index in [1.165, 1.54) is 11.3 Å². The molecule has 1 aromatic carbocycles. The summed E-state index contributed by atoms with van der Waals surface area (Å²) in [6.07, 6.45) is 7.04. The van der Waals surface area contributed by atoms with Crippen LogP contribution in [0.1, 0.15) is 50.5 Å². The molecule has 6 nitrogen and oxygen atoms in total. The number of aryl methyl sites for hydroxylation is 1. The summed E-state index contributed by atoms with van der Waals surface area (Å²) in [5.74, 6) is -0.0262. The lowest BCUT2D eigenvalue weighted by molar-refractivity contribution is -0.134. The molecule has 4 rings (SSSR count). The maximum absolute atomic E-state index is 13.1. The van der Waals surface area contributed by atoms with Crippen LogP contribution in [0.25, 0.3) is 0 Å². The number of fused-ring (bicyclic) bond motifs is 1. The summed E-state index contributed by atoms with van der Waals surface area (Å²) in [6.45, 7) is 1.51. The van der Waals surface area contributed by atoms with Crippen LogP contribution in [0.15, 0.2) is 30.3 Å². The third-order valence-electron chi connectivity index (χ3n) is 6.33. The molecule has 150 valence electrons. The Balaban J connectivity index is 1.41. The third kappa shape index (κ3) is 3.77. The Kier molecular flexibility index (Phi) is 5.64. The molecule has 0 radical (unpaired) electrons. The van der Waals surface area contributed by atoms with Crippen LogP contribution in [-0.4, -0.2) is 64.3 Å². The number of imide groups is 1. The molecule has 1 atom stereocenters. The Morgan fingerprint density at radius 1 is 0.964 bits per heavy atom. The highest BCUT2D eigenvalue weighted by Gasteiger charge is 2.49. The van der Waals surface area contributed by atoms with Crippen molar-refractivity contribution in [1.29, 1.82) is 0 Å². The SMILES string of the molecule is O=C(CCc1ccccc1)N1CCCN2C(=O)N(C3CCCCC3)C(=O)C2C1. The molecule has 2 heterocycles. The zero-order valence-electron chi connectivity index (χ0n) is 16.4. The highest BCUT2D eigenvalue weighted by Crippen LogP contribution is 2.30. The quantitative estimate of drug-likeness (QED) is 0.751. The maximum atomic E-state index is 13.1. The van der Waals surface area contributed by atoms with Crippen LogP contribution in [0.5, 0.6) is 0 Å². The normalized spacial score (nSPS) is 23.7. The molecule has 3 fully saturated rings. The number of urea groups is 1. The van der Waals surface area contributed by atoms with Gasteiger partial charge in [-0.05, 0) is 31.2 Å². The Morgan fingerprint density at radius 2 is 1.71 bits per heavy atom. The predicted molar refractivity (Wildman–Crippen MR) is 106 cm³/mol. The minimum atomic E-state index is -0.502. The fourth-order valence-corrected chi connectivity index (χ4v) is 4.78. The molecular formula is C22H29N3O3. The Labute approximate surface area is 166 Å². The van der Waals surface area contributed by atoms with Crippen molar-refractivity contribution in [3.8, 4) is 0 Å². The summed E-state index contributed by atoms with van der Waals surface area (Å²) in [7, 11) is 0. The highest BCUT2D eigenvalue weighted by molar-refractivity contribution is 6.05. The number of rotatable bonds is 4. The molecule has 4 amide bonds. The van der Waals surface area contributed by atoms with Crippen molar-refractivity contribution >= 4 is 17.8 Å². The van der Waals surface area contributed by atoms with Crippen molar-refractivity contribution in [2.75, 3.05) is 19.6 Å². The Morgan fingerprint density at radius 3 is 2.46 bits per heavy atom. The lowest BCUT2D eigenvalue weighted by Crippen LogP contribution is -2.45. The first-order valence-corrected chi connectivity index (χ1v) is 10.6. The molecule has 1 aliphatic carbocycles. The predicted octanol–water partition coefficient (Wildman–Crippen LogP) is 2.82. The van der Waals surface area contributed by atoms with E-state index in [1.807, 2.05) is 30.3 Å². The minimum absolute atomic E-state index is 0.0444. The standard InChI is InChI=1S/C22H29N3O3/c26-20(13-12-17-8-3-1-4-9-17)23-14-7-15-24-19(16-23)21(27)25(22(24)28)18-10-5-2-6-11-18/h1,3-4,8-9,18-19H,2,5-7,10-16H2.